The lowest BCUT2D eigenvalue weighted by molar-refractivity contribution is -0.129. The Kier molecular flexibility index (Phi) is 3.99. The average molecular weight is 277 g/mol. The molecule has 1 aromatic rings. The van der Waals surface area contributed by atoms with Crippen molar-refractivity contribution >= 4 is 17.6 Å². The van der Waals surface area contributed by atoms with E-state index in [0.717, 1.165) is 0 Å². The first-order valence-electron chi connectivity index (χ1n) is 6.07. The van der Waals surface area contributed by atoms with Gasteiger partial charge in [-0.25, -0.2) is 0 Å². The van der Waals surface area contributed by atoms with Gasteiger partial charge in [0.25, 0.3) is 11.8 Å². The Labute approximate surface area is 115 Å². The monoisotopic (exact) mass is 277 g/mol. The number of nitrogens with one attached hydrogen (secondary N) is 1. The van der Waals surface area contributed by atoms with Crippen LogP contribution in [0.15, 0.2) is 23.2 Å². The van der Waals surface area contributed by atoms with Crippen molar-refractivity contribution in [1.29, 1.82) is 0 Å². The van der Waals surface area contributed by atoms with E-state index in [1.807, 2.05) is 6.92 Å². The minimum Gasteiger partial charge on any atom is -0.493 e. The van der Waals surface area contributed by atoms with Gasteiger partial charge < -0.3 is 20.5 Å². The number of carbonyl (C=O) groups is 2. The molecule has 20 heavy (non-hydrogen) atoms. The highest BCUT2D eigenvalue weighted by Crippen LogP contribution is 2.28. The van der Waals surface area contributed by atoms with Gasteiger partial charge in [-0.1, -0.05) is 0 Å². The molecular formula is C13H15N3O4. The summed E-state index contributed by atoms with van der Waals surface area (Å²) in [5.41, 5.74) is 5.92. The summed E-state index contributed by atoms with van der Waals surface area (Å²) in [6.07, 6.45) is 0. The van der Waals surface area contributed by atoms with E-state index in [0.29, 0.717) is 23.7 Å². The molecule has 1 aliphatic heterocycles. The molecule has 0 bridgehead atoms. The average Bonchev–Trinajstić information content (AvgIpc) is 2.44. The van der Waals surface area contributed by atoms with Crippen molar-refractivity contribution in [3.8, 4) is 11.5 Å². The van der Waals surface area contributed by atoms with Gasteiger partial charge in [0.15, 0.2) is 17.5 Å². The molecule has 106 valence electrons. The Balaban J connectivity index is 2.38. The topological polar surface area (TPSA) is 103 Å². The summed E-state index contributed by atoms with van der Waals surface area (Å²) in [7, 11) is 1.53. The molecule has 3 N–H and O–H groups in total. The number of methoxy groups -OCH3 is 1. The zero-order valence-corrected chi connectivity index (χ0v) is 11.2. The van der Waals surface area contributed by atoms with Gasteiger partial charge in [0.1, 0.15) is 5.84 Å². The van der Waals surface area contributed by atoms with E-state index in [2.05, 4.69) is 10.3 Å². The molecular weight excluding hydrogens is 262 g/mol. The molecule has 2 amide bonds. The second-order valence-electron chi connectivity index (χ2n) is 4.06. The van der Waals surface area contributed by atoms with Crippen LogP contribution in [0.4, 0.5) is 0 Å². The maximum Gasteiger partial charge on any atom is 0.274 e. The van der Waals surface area contributed by atoms with Crippen molar-refractivity contribution in [2.75, 3.05) is 13.7 Å². The second-order valence-corrected chi connectivity index (χ2v) is 4.06. The molecule has 0 fully saturated rings. The first-order valence-corrected chi connectivity index (χ1v) is 6.07. The van der Waals surface area contributed by atoms with Crippen LogP contribution < -0.4 is 20.5 Å². The third-order valence-electron chi connectivity index (χ3n) is 2.75. The van der Waals surface area contributed by atoms with Crippen molar-refractivity contribution in [1.82, 2.24) is 5.32 Å². The molecule has 1 aliphatic rings. The predicted octanol–water partition coefficient (Wildman–Crippen LogP) is -0.176. The number of hydrogen-bond donors (Lipinski definition) is 2. The van der Waals surface area contributed by atoms with Crippen LogP contribution in [0.2, 0.25) is 0 Å². The molecule has 7 heteroatoms. The zero-order valence-electron chi connectivity index (χ0n) is 11.2. The predicted molar refractivity (Wildman–Crippen MR) is 71.8 cm³/mol. The van der Waals surface area contributed by atoms with E-state index in [-0.39, 0.29) is 5.84 Å². The van der Waals surface area contributed by atoms with Crippen LogP contribution in [0.1, 0.15) is 12.5 Å². The largest absolute Gasteiger partial charge is 0.493 e. The highest BCUT2D eigenvalue weighted by Gasteiger charge is 2.29. The van der Waals surface area contributed by atoms with Crippen LogP contribution in [-0.4, -0.2) is 37.4 Å². The maximum atomic E-state index is 11.5. The van der Waals surface area contributed by atoms with Gasteiger partial charge in [-0.05, 0) is 25.1 Å². The van der Waals surface area contributed by atoms with Crippen LogP contribution in [0, 0.1) is 0 Å². The van der Waals surface area contributed by atoms with Gasteiger partial charge in [0, 0.05) is 5.56 Å². The molecule has 1 aromatic carbocycles. The molecule has 0 spiro atoms. The lowest BCUT2D eigenvalue weighted by atomic mass is 10.1. The number of amidine groups is 1. The zero-order chi connectivity index (χ0) is 14.7. The van der Waals surface area contributed by atoms with Crippen LogP contribution in [0.25, 0.3) is 0 Å². The van der Waals surface area contributed by atoms with E-state index < -0.39 is 17.9 Å². The smallest absolute Gasteiger partial charge is 0.274 e. The lowest BCUT2D eigenvalue weighted by Gasteiger charge is -2.18. The molecule has 0 radical (unpaired) electrons. The summed E-state index contributed by atoms with van der Waals surface area (Å²) < 4.78 is 10.6. The van der Waals surface area contributed by atoms with Crippen molar-refractivity contribution in [2.45, 2.75) is 13.0 Å². The van der Waals surface area contributed by atoms with E-state index >= 15 is 0 Å². The van der Waals surface area contributed by atoms with Crippen LogP contribution >= 0.6 is 0 Å². The molecule has 0 aromatic heterocycles. The molecule has 7 nitrogen and oxygen atoms in total. The van der Waals surface area contributed by atoms with Gasteiger partial charge in [0.2, 0.25) is 0 Å². The molecule has 1 atom stereocenters. The van der Waals surface area contributed by atoms with E-state index in [1.165, 1.54) is 7.11 Å². The third-order valence-corrected chi connectivity index (χ3v) is 2.75. The van der Waals surface area contributed by atoms with Gasteiger partial charge in [-0.3, -0.25) is 9.59 Å². The second kappa shape index (κ2) is 5.70. The molecule has 0 saturated carbocycles. The van der Waals surface area contributed by atoms with Crippen molar-refractivity contribution in [3.63, 3.8) is 0 Å². The van der Waals surface area contributed by atoms with Gasteiger partial charge in [-0.15, -0.1) is 0 Å². The summed E-state index contributed by atoms with van der Waals surface area (Å²) in [6, 6.07) is 3.74. The summed E-state index contributed by atoms with van der Waals surface area (Å²) in [5.74, 6) is -0.0234. The Morgan fingerprint density at radius 2 is 2.10 bits per heavy atom. The summed E-state index contributed by atoms with van der Waals surface area (Å²) in [4.78, 5) is 26.8. The fourth-order valence-corrected chi connectivity index (χ4v) is 1.74. The molecule has 1 heterocycles. The number of nitrogens with zero attached hydrogens (tertiary/aromatic N) is 1. The Bertz CT molecular complexity index is 583. The fourth-order valence-electron chi connectivity index (χ4n) is 1.74. The highest BCUT2D eigenvalue weighted by molar-refractivity contribution is 6.22. The number of carbonyl (C=O) groups excluding carboxylic acids is 2. The number of aliphatic imine (C=N–C) groups is 1. The number of rotatable bonds is 4. The van der Waals surface area contributed by atoms with Crippen molar-refractivity contribution < 1.29 is 19.1 Å². The lowest BCUT2D eigenvalue weighted by Crippen LogP contribution is -2.52. The van der Waals surface area contributed by atoms with E-state index in [1.54, 1.807) is 18.2 Å². The molecule has 1 unspecified atom stereocenters. The van der Waals surface area contributed by atoms with Crippen LogP contribution in [0.3, 0.4) is 0 Å². The van der Waals surface area contributed by atoms with Crippen molar-refractivity contribution in [3.05, 3.63) is 23.8 Å². The Morgan fingerprint density at radius 3 is 2.70 bits per heavy atom. The van der Waals surface area contributed by atoms with E-state index in [4.69, 9.17) is 15.2 Å². The third kappa shape index (κ3) is 2.62. The Hall–Kier alpha value is -2.41. The minimum absolute atomic E-state index is 0.158. The van der Waals surface area contributed by atoms with Gasteiger partial charge >= 0.3 is 0 Å². The van der Waals surface area contributed by atoms with Crippen LogP contribution in [0.5, 0.6) is 11.5 Å². The van der Waals surface area contributed by atoms with Gasteiger partial charge in [0.05, 0.1) is 13.7 Å². The quantitative estimate of drug-likeness (QED) is 0.743. The van der Waals surface area contributed by atoms with Gasteiger partial charge in [-0.2, -0.15) is 4.99 Å². The molecule has 0 saturated heterocycles. The first-order chi connectivity index (χ1) is 9.56. The number of hydrogen-bond acceptors (Lipinski definition) is 5. The maximum absolute atomic E-state index is 11.5. The minimum atomic E-state index is -1.25. The number of ether oxygens (including phenoxy) is 2. The number of benzene rings is 1. The standard InChI is InChI=1S/C13H15N3O4/c1-3-20-9-6-7(4-5-8(9)19-2)11-15-12(17)10(14)13(18)16-11/h4-6,10H,3,14H2,1-2H3,(H,15,16,17,18). The Morgan fingerprint density at radius 1 is 1.35 bits per heavy atom. The molecule has 0 aliphatic carbocycles. The van der Waals surface area contributed by atoms with Crippen LogP contribution in [-0.2, 0) is 9.59 Å². The number of nitrogens with two attached hydrogens (primary N) is 1. The summed E-state index contributed by atoms with van der Waals surface area (Å²) in [6.45, 7) is 2.30. The molecule has 2 rings (SSSR count). The highest BCUT2D eigenvalue weighted by atomic mass is 16.5. The first kappa shape index (κ1) is 14.0. The van der Waals surface area contributed by atoms with E-state index in [9.17, 15) is 9.59 Å². The van der Waals surface area contributed by atoms with Crippen molar-refractivity contribution in [2.24, 2.45) is 10.7 Å². The SMILES string of the molecule is CCOc1cc(C2=NC(=O)C(N)C(=O)N2)ccc1OC. The summed E-state index contributed by atoms with van der Waals surface area (Å²) >= 11 is 0. The normalized spacial score (nSPS) is 18.4. The summed E-state index contributed by atoms with van der Waals surface area (Å²) in [5, 5.41) is 2.49. The number of amides is 2. The fraction of sp³-hybridized carbons (Fsp3) is 0.308.